The molecule has 0 spiro atoms. The summed E-state index contributed by atoms with van der Waals surface area (Å²) >= 11 is 0. The molecule has 26 heavy (non-hydrogen) atoms. The molecule has 0 aliphatic heterocycles. The minimum atomic E-state index is -0.162. The minimum Gasteiger partial charge on any atom is -0.376 e. The van der Waals surface area contributed by atoms with Crippen molar-refractivity contribution < 1.29 is 9.32 Å². The lowest BCUT2D eigenvalue weighted by Gasteiger charge is -2.12. The normalized spacial score (nSPS) is 13.2. The first-order chi connectivity index (χ1) is 12.4. The predicted octanol–water partition coefficient (Wildman–Crippen LogP) is 4.27. The Morgan fingerprint density at radius 2 is 1.92 bits per heavy atom. The molecule has 134 valence electrons. The second-order valence-corrected chi connectivity index (χ2v) is 7.84. The van der Waals surface area contributed by atoms with Crippen molar-refractivity contribution in [2.45, 2.75) is 39.0 Å². The zero-order valence-corrected chi connectivity index (χ0v) is 15.3. The summed E-state index contributed by atoms with van der Waals surface area (Å²) < 4.78 is 5.21. The Kier molecular flexibility index (Phi) is 3.94. The molecular formula is C21H23N3O2. The summed E-state index contributed by atoms with van der Waals surface area (Å²) in [5, 5.41) is 12.5. The van der Waals surface area contributed by atoms with Crippen LogP contribution in [0.25, 0.3) is 10.8 Å². The zero-order chi connectivity index (χ0) is 18.3. The summed E-state index contributed by atoms with van der Waals surface area (Å²) in [4.78, 5) is 12.3. The van der Waals surface area contributed by atoms with Crippen LogP contribution in [-0.2, 0) is 23.1 Å². The molecule has 0 radical (unpaired) electrons. The molecule has 1 heterocycles. The maximum absolute atomic E-state index is 12.3. The minimum absolute atomic E-state index is 0.116. The van der Waals surface area contributed by atoms with Crippen LogP contribution in [0.15, 0.2) is 40.9 Å². The highest BCUT2D eigenvalue weighted by molar-refractivity contribution is 6.01. The van der Waals surface area contributed by atoms with Crippen molar-refractivity contribution >= 4 is 28.3 Å². The predicted molar refractivity (Wildman–Crippen MR) is 104 cm³/mol. The first-order valence-corrected chi connectivity index (χ1v) is 8.96. The number of nitrogens with zero attached hydrogens (tertiary/aromatic N) is 1. The van der Waals surface area contributed by atoms with Gasteiger partial charge in [-0.05, 0) is 35.4 Å². The van der Waals surface area contributed by atoms with Gasteiger partial charge in [-0.2, -0.15) is 0 Å². The molecule has 2 aromatic carbocycles. The first-order valence-electron chi connectivity index (χ1n) is 8.96. The lowest BCUT2D eigenvalue weighted by molar-refractivity contribution is -0.114. The van der Waals surface area contributed by atoms with E-state index in [2.05, 4.69) is 46.1 Å². The molecule has 0 atom stereocenters. The molecule has 5 heteroatoms. The molecule has 3 aromatic rings. The summed E-state index contributed by atoms with van der Waals surface area (Å²) in [5.41, 5.74) is 4.46. The second-order valence-electron chi connectivity index (χ2n) is 7.84. The number of hydrogen-bond donors (Lipinski definition) is 2. The van der Waals surface area contributed by atoms with Crippen molar-refractivity contribution in [3.05, 3.63) is 53.2 Å². The number of benzene rings is 2. The number of aryl methyl sites for hydroxylation is 2. The average molecular weight is 349 g/mol. The quantitative estimate of drug-likeness (QED) is 0.738. The van der Waals surface area contributed by atoms with E-state index in [1.165, 1.54) is 21.9 Å². The van der Waals surface area contributed by atoms with Gasteiger partial charge in [0.2, 0.25) is 11.8 Å². The Hall–Kier alpha value is -2.82. The van der Waals surface area contributed by atoms with Gasteiger partial charge in [0.1, 0.15) is 0 Å². The van der Waals surface area contributed by atoms with E-state index >= 15 is 0 Å². The zero-order valence-electron chi connectivity index (χ0n) is 15.3. The topological polar surface area (TPSA) is 67.2 Å². The highest BCUT2D eigenvalue weighted by Crippen LogP contribution is 2.34. The van der Waals surface area contributed by atoms with Crippen LogP contribution in [0.4, 0.5) is 11.6 Å². The summed E-state index contributed by atoms with van der Waals surface area (Å²) in [6.45, 7) is 6.32. The molecule has 0 saturated heterocycles. The van der Waals surface area contributed by atoms with Gasteiger partial charge in [-0.15, -0.1) is 0 Å². The standard InChI is InChI=1S/C21H23N3O2/c1-21(2,3)17-11-19(26-24-17)23-18(25)12-22-16-10-9-14-8-7-13-5-4-6-15(16)20(13)14/h4-6,9-11,22H,7-8,12H2,1-3H3,(H,23,25). The fourth-order valence-electron chi connectivity index (χ4n) is 3.45. The largest absolute Gasteiger partial charge is 0.376 e. The van der Waals surface area contributed by atoms with E-state index in [-0.39, 0.29) is 17.9 Å². The van der Waals surface area contributed by atoms with E-state index in [0.29, 0.717) is 5.88 Å². The number of aromatic nitrogens is 1. The van der Waals surface area contributed by atoms with Crippen LogP contribution in [0.2, 0.25) is 0 Å². The van der Waals surface area contributed by atoms with E-state index in [0.717, 1.165) is 24.2 Å². The molecule has 0 fully saturated rings. The van der Waals surface area contributed by atoms with E-state index in [1.54, 1.807) is 6.07 Å². The molecular weight excluding hydrogens is 326 g/mol. The van der Waals surface area contributed by atoms with Gasteiger partial charge in [0.05, 0.1) is 12.2 Å². The first kappa shape index (κ1) is 16.6. The number of anilines is 2. The molecule has 1 aromatic heterocycles. The monoisotopic (exact) mass is 349 g/mol. The van der Waals surface area contributed by atoms with Crippen molar-refractivity contribution in [2.24, 2.45) is 0 Å². The van der Waals surface area contributed by atoms with Gasteiger partial charge in [0.25, 0.3) is 0 Å². The van der Waals surface area contributed by atoms with Gasteiger partial charge in [-0.3, -0.25) is 10.1 Å². The number of amides is 1. The Morgan fingerprint density at radius 1 is 1.15 bits per heavy atom. The van der Waals surface area contributed by atoms with Crippen LogP contribution < -0.4 is 10.6 Å². The van der Waals surface area contributed by atoms with Crippen LogP contribution in [-0.4, -0.2) is 17.6 Å². The van der Waals surface area contributed by atoms with Gasteiger partial charge in [-0.1, -0.05) is 50.2 Å². The van der Waals surface area contributed by atoms with Gasteiger partial charge in [0.15, 0.2) is 0 Å². The van der Waals surface area contributed by atoms with Crippen LogP contribution in [0.5, 0.6) is 0 Å². The SMILES string of the molecule is CC(C)(C)c1cc(NC(=O)CNc2ccc3c4c(cccc24)CC3)on1. The van der Waals surface area contributed by atoms with E-state index in [1.807, 2.05) is 20.8 Å². The lowest BCUT2D eigenvalue weighted by Crippen LogP contribution is -2.21. The molecule has 1 aliphatic carbocycles. The van der Waals surface area contributed by atoms with Crippen LogP contribution in [0, 0.1) is 0 Å². The smallest absolute Gasteiger partial charge is 0.246 e. The van der Waals surface area contributed by atoms with Crippen molar-refractivity contribution in [1.82, 2.24) is 5.16 Å². The van der Waals surface area contributed by atoms with Gasteiger partial charge in [0, 0.05) is 22.6 Å². The van der Waals surface area contributed by atoms with Crippen molar-refractivity contribution in [3.63, 3.8) is 0 Å². The van der Waals surface area contributed by atoms with Crippen LogP contribution >= 0.6 is 0 Å². The van der Waals surface area contributed by atoms with Gasteiger partial charge < -0.3 is 9.84 Å². The highest BCUT2D eigenvalue weighted by Gasteiger charge is 2.20. The summed E-state index contributed by atoms with van der Waals surface area (Å²) in [6.07, 6.45) is 2.19. The maximum Gasteiger partial charge on any atom is 0.246 e. The molecule has 0 saturated carbocycles. The van der Waals surface area contributed by atoms with Crippen molar-refractivity contribution in [2.75, 3.05) is 17.2 Å². The van der Waals surface area contributed by atoms with E-state index in [9.17, 15) is 4.79 Å². The fourth-order valence-corrected chi connectivity index (χ4v) is 3.45. The maximum atomic E-state index is 12.3. The summed E-state index contributed by atoms with van der Waals surface area (Å²) in [5.74, 6) is 0.215. The second kappa shape index (κ2) is 6.16. The van der Waals surface area contributed by atoms with E-state index in [4.69, 9.17) is 4.52 Å². The molecule has 4 rings (SSSR count). The number of hydrogen-bond acceptors (Lipinski definition) is 4. The van der Waals surface area contributed by atoms with E-state index < -0.39 is 0 Å². The Balaban J connectivity index is 1.46. The average Bonchev–Trinajstić information content (AvgIpc) is 3.22. The molecule has 0 unspecified atom stereocenters. The molecule has 5 nitrogen and oxygen atoms in total. The molecule has 1 amide bonds. The van der Waals surface area contributed by atoms with Gasteiger partial charge >= 0.3 is 0 Å². The molecule has 1 aliphatic rings. The molecule has 2 N–H and O–H groups in total. The Bertz CT molecular complexity index is 972. The van der Waals surface area contributed by atoms with Crippen LogP contribution in [0.3, 0.4) is 0 Å². The third-order valence-corrected chi connectivity index (χ3v) is 4.86. The number of rotatable bonds is 4. The summed E-state index contributed by atoms with van der Waals surface area (Å²) in [7, 11) is 0. The Labute approximate surface area is 152 Å². The lowest BCUT2D eigenvalue weighted by atomic mass is 9.92. The number of carbonyl (C=O) groups is 1. The fraction of sp³-hybridized carbons (Fsp3) is 0.333. The number of carbonyl (C=O) groups excluding carboxylic acids is 1. The number of nitrogens with one attached hydrogen (secondary N) is 2. The Morgan fingerprint density at radius 3 is 2.65 bits per heavy atom. The van der Waals surface area contributed by atoms with Gasteiger partial charge in [-0.25, -0.2) is 0 Å². The third-order valence-electron chi connectivity index (χ3n) is 4.86. The molecule has 0 bridgehead atoms. The van der Waals surface area contributed by atoms with Crippen molar-refractivity contribution in [1.29, 1.82) is 0 Å². The highest BCUT2D eigenvalue weighted by atomic mass is 16.5. The third kappa shape index (κ3) is 3.05. The van der Waals surface area contributed by atoms with Crippen molar-refractivity contribution in [3.8, 4) is 0 Å². The van der Waals surface area contributed by atoms with Crippen LogP contribution in [0.1, 0.15) is 37.6 Å². The summed E-state index contributed by atoms with van der Waals surface area (Å²) in [6, 6.07) is 12.4.